The van der Waals surface area contributed by atoms with Gasteiger partial charge in [0.1, 0.15) is 4.32 Å². The summed E-state index contributed by atoms with van der Waals surface area (Å²) < 4.78 is 12.0. The van der Waals surface area contributed by atoms with Gasteiger partial charge in [-0.1, -0.05) is 30.0 Å². The molecular formula is C13H13NO3S2. The molecule has 1 aromatic carbocycles. The van der Waals surface area contributed by atoms with E-state index in [1.54, 1.807) is 4.90 Å². The second-order valence-electron chi connectivity index (χ2n) is 4.92. The molecule has 0 radical (unpaired) electrons. The Labute approximate surface area is 121 Å². The second kappa shape index (κ2) is 4.38. The molecule has 0 bridgehead atoms. The molecule has 2 aliphatic rings. The number of fused-ring (bicyclic) bond motifs is 1. The molecule has 2 heterocycles. The van der Waals surface area contributed by atoms with Gasteiger partial charge in [-0.2, -0.15) is 0 Å². The fourth-order valence-electron chi connectivity index (χ4n) is 2.08. The Hall–Kier alpha value is -1.27. The van der Waals surface area contributed by atoms with E-state index in [0.717, 1.165) is 11.3 Å². The van der Waals surface area contributed by atoms with Crippen molar-refractivity contribution in [3.63, 3.8) is 0 Å². The van der Waals surface area contributed by atoms with Crippen LogP contribution in [0.15, 0.2) is 18.2 Å². The third kappa shape index (κ3) is 2.42. The predicted octanol–water partition coefficient (Wildman–Crippen LogP) is 2.55. The van der Waals surface area contributed by atoms with E-state index in [9.17, 15) is 4.79 Å². The summed E-state index contributed by atoms with van der Waals surface area (Å²) in [7, 11) is 0. The summed E-state index contributed by atoms with van der Waals surface area (Å²) in [5.74, 6) is 1.32. The van der Waals surface area contributed by atoms with E-state index >= 15 is 0 Å². The van der Waals surface area contributed by atoms with Crippen LogP contribution in [0.25, 0.3) is 0 Å². The van der Waals surface area contributed by atoms with Gasteiger partial charge in [-0.25, -0.2) is 0 Å². The lowest BCUT2D eigenvalue weighted by atomic mass is 10.2. The summed E-state index contributed by atoms with van der Waals surface area (Å²) in [6.45, 7) is 4.21. The molecule has 19 heavy (non-hydrogen) atoms. The number of nitrogens with zero attached hydrogens (tertiary/aromatic N) is 1. The predicted molar refractivity (Wildman–Crippen MR) is 77.4 cm³/mol. The van der Waals surface area contributed by atoms with Crippen molar-refractivity contribution in [3.05, 3.63) is 23.8 Å². The third-order valence-electron chi connectivity index (χ3n) is 2.90. The molecule has 0 saturated carbocycles. The van der Waals surface area contributed by atoms with E-state index in [1.165, 1.54) is 11.8 Å². The van der Waals surface area contributed by atoms with Crippen molar-refractivity contribution in [2.45, 2.75) is 26.2 Å². The zero-order valence-electron chi connectivity index (χ0n) is 10.6. The van der Waals surface area contributed by atoms with Crippen molar-refractivity contribution in [1.29, 1.82) is 0 Å². The quantitative estimate of drug-likeness (QED) is 0.784. The zero-order chi connectivity index (χ0) is 13.6. The second-order valence-corrected chi connectivity index (χ2v) is 6.53. The van der Waals surface area contributed by atoms with Crippen LogP contribution in [0.1, 0.15) is 19.4 Å². The summed E-state index contributed by atoms with van der Waals surface area (Å²) in [6.07, 6.45) is 0. The van der Waals surface area contributed by atoms with E-state index in [0.29, 0.717) is 22.4 Å². The minimum atomic E-state index is -0.629. The van der Waals surface area contributed by atoms with Crippen LogP contribution in [-0.4, -0.2) is 26.7 Å². The van der Waals surface area contributed by atoms with Gasteiger partial charge in [-0.3, -0.25) is 9.69 Å². The first kappa shape index (κ1) is 12.7. The summed E-state index contributed by atoms with van der Waals surface area (Å²) in [5, 5.41) is 0. The first-order chi connectivity index (χ1) is 8.94. The Morgan fingerprint density at radius 1 is 1.37 bits per heavy atom. The van der Waals surface area contributed by atoms with Crippen LogP contribution in [0.2, 0.25) is 0 Å². The van der Waals surface area contributed by atoms with Gasteiger partial charge in [0.05, 0.1) is 12.3 Å². The molecular weight excluding hydrogens is 282 g/mol. The largest absolute Gasteiger partial charge is 0.449 e. The van der Waals surface area contributed by atoms with Gasteiger partial charge in [0.2, 0.25) is 11.7 Å². The molecule has 0 N–H and O–H groups in total. The molecule has 0 atom stereocenters. The van der Waals surface area contributed by atoms with Crippen LogP contribution in [-0.2, 0) is 11.3 Å². The van der Waals surface area contributed by atoms with Crippen molar-refractivity contribution in [2.24, 2.45) is 0 Å². The molecule has 6 heteroatoms. The van der Waals surface area contributed by atoms with Crippen molar-refractivity contribution in [1.82, 2.24) is 4.90 Å². The Kier molecular flexibility index (Phi) is 2.94. The highest BCUT2D eigenvalue weighted by molar-refractivity contribution is 8.23. The lowest BCUT2D eigenvalue weighted by Crippen LogP contribution is -2.29. The van der Waals surface area contributed by atoms with Crippen LogP contribution in [0.5, 0.6) is 11.5 Å². The van der Waals surface area contributed by atoms with E-state index in [-0.39, 0.29) is 5.91 Å². The van der Waals surface area contributed by atoms with Gasteiger partial charge in [0.25, 0.3) is 0 Å². The number of hydrogen-bond acceptors (Lipinski definition) is 5. The molecule has 1 amide bonds. The normalized spacial score (nSPS) is 20.2. The molecule has 1 saturated heterocycles. The maximum atomic E-state index is 11.7. The van der Waals surface area contributed by atoms with E-state index < -0.39 is 5.79 Å². The van der Waals surface area contributed by atoms with E-state index in [1.807, 2.05) is 32.0 Å². The van der Waals surface area contributed by atoms with Gasteiger partial charge in [-0.05, 0) is 17.7 Å². The minimum Gasteiger partial charge on any atom is -0.449 e. The van der Waals surface area contributed by atoms with Crippen LogP contribution in [0, 0.1) is 0 Å². The lowest BCUT2D eigenvalue weighted by Gasteiger charge is -2.16. The first-order valence-electron chi connectivity index (χ1n) is 5.93. The Balaban J connectivity index is 1.81. The Bertz CT molecular complexity index is 555. The number of thioether (sulfide) groups is 1. The van der Waals surface area contributed by atoms with E-state index in [4.69, 9.17) is 21.7 Å². The van der Waals surface area contributed by atoms with Crippen LogP contribution in [0.4, 0.5) is 0 Å². The van der Waals surface area contributed by atoms with E-state index in [2.05, 4.69) is 0 Å². The molecule has 1 aromatic rings. The SMILES string of the molecule is CC1(C)Oc2ccc(CN3C(=O)CSC3=S)cc2O1. The van der Waals surface area contributed by atoms with Crippen LogP contribution < -0.4 is 9.47 Å². The van der Waals surface area contributed by atoms with Crippen molar-refractivity contribution in [3.8, 4) is 11.5 Å². The standard InChI is InChI=1S/C13H13NO3S2/c1-13(2)16-9-4-3-8(5-10(9)17-13)6-14-11(15)7-19-12(14)18/h3-5H,6-7H2,1-2H3. The van der Waals surface area contributed by atoms with Crippen LogP contribution in [0.3, 0.4) is 0 Å². The maximum Gasteiger partial charge on any atom is 0.246 e. The highest BCUT2D eigenvalue weighted by atomic mass is 32.2. The fraction of sp³-hybridized carbons (Fsp3) is 0.385. The highest BCUT2D eigenvalue weighted by Gasteiger charge is 2.32. The summed E-state index contributed by atoms with van der Waals surface area (Å²) >= 11 is 6.57. The maximum absolute atomic E-state index is 11.7. The molecule has 0 spiro atoms. The Morgan fingerprint density at radius 2 is 2.11 bits per heavy atom. The Morgan fingerprint density at radius 3 is 2.79 bits per heavy atom. The number of thiocarbonyl (C=S) groups is 1. The fourth-order valence-corrected chi connectivity index (χ4v) is 3.15. The van der Waals surface area contributed by atoms with Gasteiger partial charge in [0, 0.05) is 13.8 Å². The van der Waals surface area contributed by atoms with Gasteiger partial charge >= 0.3 is 0 Å². The van der Waals surface area contributed by atoms with Crippen LogP contribution >= 0.6 is 24.0 Å². The molecule has 1 fully saturated rings. The number of ether oxygens (including phenoxy) is 2. The number of hydrogen-bond donors (Lipinski definition) is 0. The lowest BCUT2D eigenvalue weighted by molar-refractivity contribution is -0.124. The highest BCUT2D eigenvalue weighted by Crippen LogP contribution is 2.39. The zero-order valence-corrected chi connectivity index (χ0v) is 12.3. The summed E-state index contributed by atoms with van der Waals surface area (Å²) in [5.41, 5.74) is 0.984. The van der Waals surface area contributed by atoms with Crippen molar-refractivity contribution in [2.75, 3.05) is 5.75 Å². The van der Waals surface area contributed by atoms with Gasteiger partial charge < -0.3 is 9.47 Å². The summed E-state index contributed by atoms with van der Waals surface area (Å²) in [4.78, 5) is 13.3. The number of benzene rings is 1. The van der Waals surface area contributed by atoms with Gasteiger partial charge in [-0.15, -0.1) is 0 Å². The molecule has 3 rings (SSSR count). The molecule has 0 aromatic heterocycles. The van der Waals surface area contributed by atoms with Crippen molar-refractivity contribution < 1.29 is 14.3 Å². The number of amides is 1. The molecule has 0 aliphatic carbocycles. The number of carbonyl (C=O) groups excluding carboxylic acids is 1. The minimum absolute atomic E-state index is 0.0630. The molecule has 2 aliphatic heterocycles. The monoisotopic (exact) mass is 295 g/mol. The average Bonchev–Trinajstić information content (AvgIpc) is 2.80. The summed E-state index contributed by atoms with van der Waals surface area (Å²) in [6, 6.07) is 5.71. The smallest absolute Gasteiger partial charge is 0.246 e. The average molecular weight is 295 g/mol. The number of carbonyl (C=O) groups is 1. The number of rotatable bonds is 2. The molecule has 0 unspecified atom stereocenters. The first-order valence-corrected chi connectivity index (χ1v) is 7.32. The van der Waals surface area contributed by atoms with Gasteiger partial charge in [0.15, 0.2) is 11.5 Å². The molecule has 4 nitrogen and oxygen atoms in total. The van der Waals surface area contributed by atoms with Crippen molar-refractivity contribution >= 4 is 34.2 Å². The third-order valence-corrected chi connectivity index (χ3v) is 4.33. The topological polar surface area (TPSA) is 38.8 Å². The molecule has 100 valence electrons.